The average Bonchev–Trinajstić information content (AvgIpc) is 2.67. The van der Waals surface area contributed by atoms with E-state index in [-0.39, 0.29) is 9.92 Å². The molecule has 0 atom stereocenters. The predicted molar refractivity (Wildman–Crippen MR) is 103 cm³/mol. The van der Waals surface area contributed by atoms with Gasteiger partial charge < -0.3 is 0 Å². The van der Waals surface area contributed by atoms with Crippen LogP contribution >= 0.6 is 11.6 Å². The number of hydrogen-bond donors (Lipinski definition) is 0. The second kappa shape index (κ2) is 6.44. The Bertz CT molecular complexity index is 1200. The smallest absolute Gasteiger partial charge is 0.259 e. The fourth-order valence-electron chi connectivity index (χ4n) is 2.87. The Kier molecular flexibility index (Phi) is 4.20. The van der Waals surface area contributed by atoms with E-state index in [0.717, 1.165) is 4.31 Å². The highest BCUT2D eigenvalue weighted by molar-refractivity contribution is 7.89. The second-order valence-electron chi connectivity index (χ2n) is 5.98. The Morgan fingerprint density at radius 1 is 1.07 bits per heavy atom. The van der Waals surface area contributed by atoms with Crippen LogP contribution in [0.3, 0.4) is 0 Å². The van der Waals surface area contributed by atoms with Gasteiger partial charge in [0.25, 0.3) is 10.0 Å². The number of aromatic nitrogens is 1. The van der Waals surface area contributed by atoms with Crippen molar-refractivity contribution in [3.05, 3.63) is 65.6 Å². The quantitative estimate of drug-likeness (QED) is 0.635. The Hall–Kier alpha value is -2.77. The molecule has 5 nitrogen and oxygen atoms in total. The van der Waals surface area contributed by atoms with E-state index in [1.54, 1.807) is 36.5 Å². The minimum Gasteiger partial charge on any atom is -0.259 e. The zero-order valence-corrected chi connectivity index (χ0v) is 15.7. The summed E-state index contributed by atoms with van der Waals surface area (Å²) in [4.78, 5) is 8.66. The molecular formula is C19H13ClFN3O2S. The van der Waals surface area contributed by atoms with Crippen LogP contribution in [-0.4, -0.2) is 31.1 Å². The standard InChI is InChI=1S/C19H13ClFN3O2S/c1-24-11-23-17-7-5-12(10-18(17)27(24,25)26)14-3-2-8-22-19(14)13-4-6-16(21)15(20)9-13/h2-11H,1H3. The molecule has 0 saturated heterocycles. The molecule has 0 saturated carbocycles. The maximum atomic E-state index is 13.5. The Morgan fingerprint density at radius 3 is 2.63 bits per heavy atom. The summed E-state index contributed by atoms with van der Waals surface area (Å²) in [6.07, 6.45) is 2.89. The molecule has 8 heteroatoms. The van der Waals surface area contributed by atoms with Crippen LogP contribution in [0, 0.1) is 5.82 Å². The van der Waals surface area contributed by atoms with Crippen LogP contribution in [0.2, 0.25) is 5.02 Å². The van der Waals surface area contributed by atoms with Gasteiger partial charge in [-0.3, -0.25) is 9.29 Å². The van der Waals surface area contributed by atoms with Crippen LogP contribution < -0.4 is 0 Å². The third-order valence-electron chi connectivity index (χ3n) is 4.29. The number of aliphatic imine (C=N–C) groups is 1. The molecule has 1 aliphatic heterocycles. The van der Waals surface area contributed by atoms with Gasteiger partial charge in [-0.1, -0.05) is 23.7 Å². The molecule has 0 radical (unpaired) electrons. The van der Waals surface area contributed by atoms with Gasteiger partial charge >= 0.3 is 0 Å². The summed E-state index contributed by atoms with van der Waals surface area (Å²) in [7, 11) is -2.21. The van der Waals surface area contributed by atoms with Gasteiger partial charge in [0, 0.05) is 24.4 Å². The minimum atomic E-state index is -3.65. The Morgan fingerprint density at radius 2 is 1.85 bits per heavy atom. The van der Waals surface area contributed by atoms with Crippen molar-refractivity contribution >= 4 is 33.7 Å². The second-order valence-corrected chi connectivity index (χ2v) is 8.35. The van der Waals surface area contributed by atoms with Gasteiger partial charge in [-0.05, 0) is 42.0 Å². The van der Waals surface area contributed by atoms with E-state index >= 15 is 0 Å². The van der Waals surface area contributed by atoms with Crippen molar-refractivity contribution in [2.24, 2.45) is 4.99 Å². The predicted octanol–water partition coefficient (Wildman–Crippen LogP) is 4.50. The zero-order valence-electron chi connectivity index (χ0n) is 14.1. The fraction of sp³-hybridized carbons (Fsp3) is 0.0526. The lowest BCUT2D eigenvalue weighted by Crippen LogP contribution is -2.27. The maximum Gasteiger partial charge on any atom is 0.266 e. The van der Waals surface area contributed by atoms with Crippen molar-refractivity contribution in [3.63, 3.8) is 0 Å². The molecule has 0 bridgehead atoms. The first-order valence-corrected chi connectivity index (χ1v) is 9.77. The maximum absolute atomic E-state index is 13.5. The number of rotatable bonds is 2. The first-order valence-electron chi connectivity index (χ1n) is 7.95. The van der Waals surface area contributed by atoms with E-state index in [2.05, 4.69) is 9.98 Å². The molecule has 0 aliphatic carbocycles. The molecular weight excluding hydrogens is 389 g/mol. The van der Waals surface area contributed by atoms with E-state index < -0.39 is 15.8 Å². The monoisotopic (exact) mass is 401 g/mol. The number of pyridine rings is 1. The van der Waals surface area contributed by atoms with Gasteiger partial charge in [-0.15, -0.1) is 0 Å². The lowest BCUT2D eigenvalue weighted by atomic mass is 9.99. The molecule has 1 aromatic heterocycles. The summed E-state index contributed by atoms with van der Waals surface area (Å²) in [5.41, 5.74) is 2.95. The topological polar surface area (TPSA) is 62.6 Å². The number of sulfonamides is 1. The molecule has 136 valence electrons. The molecule has 0 spiro atoms. The van der Waals surface area contributed by atoms with Crippen LogP contribution in [-0.2, 0) is 10.0 Å². The summed E-state index contributed by atoms with van der Waals surface area (Å²) < 4.78 is 39.8. The van der Waals surface area contributed by atoms with E-state index in [4.69, 9.17) is 11.6 Å². The van der Waals surface area contributed by atoms with Crippen LogP contribution in [0.1, 0.15) is 0 Å². The highest BCUT2D eigenvalue weighted by Gasteiger charge is 2.26. The lowest BCUT2D eigenvalue weighted by molar-refractivity contribution is 0.554. The molecule has 27 heavy (non-hydrogen) atoms. The van der Waals surface area contributed by atoms with E-state index in [1.165, 1.54) is 25.5 Å². The molecule has 0 N–H and O–H groups in total. The third kappa shape index (κ3) is 2.98. The van der Waals surface area contributed by atoms with Crippen molar-refractivity contribution in [1.82, 2.24) is 9.29 Å². The van der Waals surface area contributed by atoms with Crippen molar-refractivity contribution in [2.45, 2.75) is 4.90 Å². The lowest BCUT2D eigenvalue weighted by Gasteiger charge is -2.20. The molecule has 3 aromatic rings. The van der Waals surface area contributed by atoms with Crippen LogP contribution in [0.15, 0.2) is 64.6 Å². The van der Waals surface area contributed by atoms with Crippen molar-refractivity contribution in [2.75, 3.05) is 7.05 Å². The van der Waals surface area contributed by atoms with E-state index in [0.29, 0.717) is 28.1 Å². The summed E-state index contributed by atoms with van der Waals surface area (Å²) in [5.74, 6) is -0.515. The number of fused-ring (bicyclic) bond motifs is 1. The molecule has 1 aliphatic rings. The van der Waals surface area contributed by atoms with Crippen LogP contribution in [0.5, 0.6) is 0 Å². The highest BCUT2D eigenvalue weighted by atomic mass is 35.5. The molecule has 0 amide bonds. The van der Waals surface area contributed by atoms with Crippen molar-refractivity contribution in [1.29, 1.82) is 0 Å². The third-order valence-corrected chi connectivity index (χ3v) is 6.31. The summed E-state index contributed by atoms with van der Waals surface area (Å²) in [5, 5.41) is -0.00640. The highest BCUT2D eigenvalue weighted by Crippen LogP contribution is 2.37. The number of nitrogens with zero attached hydrogens (tertiary/aromatic N) is 3. The molecule has 4 rings (SSSR count). The molecule has 2 heterocycles. The summed E-state index contributed by atoms with van der Waals surface area (Å²) in [6, 6.07) is 12.9. The minimum absolute atomic E-state index is 0.00640. The van der Waals surface area contributed by atoms with Gasteiger partial charge in [0.05, 0.1) is 16.4 Å². The molecule has 0 unspecified atom stereocenters. The SMILES string of the molecule is CN1C=Nc2ccc(-c3cccnc3-c3ccc(F)c(Cl)c3)cc2S1(=O)=O. The Labute approximate surface area is 160 Å². The van der Waals surface area contributed by atoms with Gasteiger partial charge in [0.15, 0.2) is 0 Å². The number of halogens is 2. The first-order chi connectivity index (χ1) is 12.9. The van der Waals surface area contributed by atoms with Crippen molar-refractivity contribution < 1.29 is 12.8 Å². The van der Waals surface area contributed by atoms with E-state index in [1.807, 2.05) is 6.07 Å². The van der Waals surface area contributed by atoms with Crippen LogP contribution in [0.25, 0.3) is 22.4 Å². The van der Waals surface area contributed by atoms with Gasteiger partial charge in [0.1, 0.15) is 17.1 Å². The molecule has 0 fully saturated rings. The molecule has 2 aromatic carbocycles. The fourth-order valence-corrected chi connectivity index (χ4v) is 4.19. The number of benzene rings is 2. The van der Waals surface area contributed by atoms with Gasteiger partial charge in [-0.25, -0.2) is 17.8 Å². The van der Waals surface area contributed by atoms with Gasteiger partial charge in [-0.2, -0.15) is 0 Å². The van der Waals surface area contributed by atoms with Gasteiger partial charge in [0.2, 0.25) is 0 Å². The van der Waals surface area contributed by atoms with Crippen molar-refractivity contribution in [3.8, 4) is 22.4 Å². The summed E-state index contributed by atoms with van der Waals surface area (Å²) >= 11 is 5.91. The normalized spacial score (nSPS) is 14.9. The van der Waals surface area contributed by atoms with E-state index in [9.17, 15) is 12.8 Å². The average molecular weight is 402 g/mol. The number of hydrogen-bond acceptors (Lipinski definition) is 4. The largest absolute Gasteiger partial charge is 0.266 e. The van der Waals surface area contributed by atoms with Crippen LogP contribution in [0.4, 0.5) is 10.1 Å². The first kappa shape index (κ1) is 17.6. The summed E-state index contributed by atoms with van der Waals surface area (Å²) in [6.45, 7) is 0. The Balaban J connectivity index is 1.90. The zero-order chi connectivity index (χ0) is 19.2.